The molecule has 27 heavy (non-hydrogen) atoms. The highest BCUT2D eigenvalue weighted by Gasteiger charge is 2.50. The number of hydrogen-bond donors (Lipinski definition) is 1. The molecule has 0 aromatic heterocycles. The van der Waals surface area contributed by atoms with Crippen LogP contribution < -0.4 is 10.4 Å². The van der Waals surface area contributed by atoms with E-state index in [1.165, 1.54) is 10.4 Å². The van der Waals surface area contributed by atoms with Crippen LogP contribution in [0, 0.1) is 0 Å². The Morgan fingerprint density at radius 3 is 1.78 bits per heavy atom. The van der Waals surface area contributed by atoms with Gasteiger partial charge in [0.15, 0.2) is 0 Å². The van der Waals surface area contributed by atoms with E-state index in [0.717, 1.165) is 11.1 Å². The molecule has 0 fully saturated rings. The van der Waals surface area contributed by atoms with Crippen LogP contribution in [0.2, 0.25) is 5.04 Å². The first kappa shape index (κ1) is 21.4. The minimum Gasteiger partial charge on any atom is -0.403 e. The number of rotatable bonds is 6. The third-order valence-electron chi connectivity index (χ3n) is 4.96. The van der Waals surface area contributed by atoms with E-state index in [1.54, 1.807) is 6.92 Å². The summed E-state index contributed by atoms with van der Waals surface area (Å²) in [6.07, 6.45) is -0.493. The largest absolute Gasteiger partial charge is 0.403 e. The Morgan fingerprint density at radius 2 is 1.41 bits per heavy atom. The van der Waals surface area contributed by atoms with Crippen molar-refractivity contribution >= 4 is 18.7 Å². The van der Waals surface area contributed by atoms with Gasteiger partial charge in [0.2, 0.25) is 0 Å². The Labute approximate surface area is 165 Å². The quantitative estimate of drug-likeness (QED) is 0.593. The van der Waals surface area contributed by atoms with E-state index < -0.39 is 14.4 Å². The summed E-state index contributed by atoms with van der Waals surface area (Å²) in [6.45, 7) is 13.0. The van der Waals surface area contributed by atoms with Crippen molar-refractivity contribution in [1.82, 2.24) is 0 Å². The van der Waals surface area contributed by atoms with Gasteiger partial charge in [0.1, 0.15) is 0 Å². The molecule has 2 aromatic carbocycles. The van der Waals surface area contributed by atoms with Crippen LogP contribution in [0.1, 0.15) is 41.5 Å². The van der Waals surface area contributed by atoms with Crippen molar-refractivity contribution in [2.45, 2.75) is 52.7 Å². The third kappa shape index (κ3) is 4.88. The zero-order chi connectivity index (χ0) is 20.1. The molecule has 1 atom stereocenters. The predicted octanol–water partition coefficient (Wildman–Crippen LogP) is 4.44. The van der Waals surface area contributed by atoms with Crippen LogP contribution in [0.3, 0.4) is 0 Å². The van der Waals surface area contributed by atoms with E-state index in [4.69, 9.17) is 4.43 Å². The molecule has 2 nitrogen and oxygen atoms in total. The zero-order valence-corrected chi connectivity index (χ0v) is 18.4. The van der Waals surface area contributed by atoms with E-state index in [1.807, 2.05) is 13.8 Å². The number of hydrogen-bond acceptors (Lipinski definition) is 2. The lowest BCUT2D eigenvalue weighted by molar-refractivity contribution is 0.231. The third-order valence-corrected chi connectivity index (χ3v) is 9.94. The van der Waals surface area contributed by atoms with Gasteiger partial charge in [-0.15, -0.1) is 5.73 Å². The van der Waals surface area contributed by atoms with Gasteiger partial charge in [0.25, 0.3) is 8.32 Å². The first-order valence-corrected chi connectivity index (χ1v) is 11.5. The molecule has 0 aliphatic carbocycles. The van der Waals surface area contributed by atoms with Crippen molar-refractivity contribution in [1.29, 1.82) is 0 Å². The van der Waals surface area contributed by atoms with Gasteiger partial charge in [-0.25, -0.2) is 0 Å². The second-order valence-electron chi connectivity index (χ2n) is 8.22. The average Bonchev–Trinajstić information content (AvgIpc) is 2.62. The van der Waals surface area contributed by atoms with Crippen LogP contribution in [-0.4, -0.2) is 26.1 Å². The molecule has 0 bridgehead atoms. The van der Waals surface area contributed by atoms with Gasteiger partial charge < -0.3 is 9.53 Å². The van der Waals surface area contributed by atoms with Crippen LogP contribution in [0.5, 0.6) is 0 Å². The highest BCUT2D eigenvalue weighted by Crippen LogP contribution is 2.36. The molecule has 0 spiro atoms. The van der Waals surface area contributed by atoms with Crippen molar-refractivity contribution in [2.75, 3.05) is 6.61 Å². The fraction of sp³-hybridized carbons (Fsp3) is 0.375. The molecule has 1 N–H and O–H groups in total. The Kier molecular flexibility index (Phi) is 7.02. The highest BCUT2D eigenvalue weighted by molar-refractivity contribution is 6.99. The Morgan fingerprint density at radius 1 is 0.963 bits per heavy atom. The van der Waals surface area contributed by atoms with E-state index >= 15 is 0 Å². The van der Waals surface area contributed by atoms with Crippen LogP contribution >= 0.6 is 0 Å². The monoisotopic (exact) mass is 380 g/mol. The smallest absolute Gasteiger partial charge is 0.261 e. The molecule has 0 saturated carbocycles. The molecule has 2 aromatic rings. The molecule has 0 amide bonds. The van der Waals surface area contributed by atoms with Crippen molar-refractivity contribution in [3.63, 3.8) is 0 Å². The van der Waals surface area contributed by atoms with E-state index in [0.29, 0.717) is 6.61 Å². The number of aliphatic hydroxyl groups excluding tert-OH is 1. The van der Waals surface area contributed by atoms with Gasteiger partial charge in [-0.3, -0.25) is 0 Å². The second kappa shape index (κ2) is 8.86. The maximum absolute atomic E-state index is 9.74. The van der Waals surface area contributed by atoms with Crippen molar-refractivity contribution in [2.24, 2.45) is 0 Å². The van der Waals surface area contributed by atoms with Gasteiger partial charge in [0.05, 0.1) is 12.7 Å². The predicted molar refractivity (Wildman–Crippen MR) is 117 cm³/mol. The fourth-order valence-corrected chi connectivity index (χ4v) is 8.04. The summed E-state index contributed by atoms with van der Waals surface area (Å²) in [7, 11) is -2.52. The first-order valence-electron chi connectivity index (χ1n) is 9.54. The van der Waals surface area contributed by atoms with Gasteiger partial charge in [-0.2, -0.15) is 0 Å². The molecule has 2 rings (SSSR count). The second-order valence-corrected chi connectivity index (χ2v) is 12.5. The summed E-state index contributed by atoms with van der Waals surface area (Å²) in [6, 6.07) is 21.3. The molecular formula is C24H32O2Si. The molecule has 0 saturated heterocycles. The molecule has 3 heteroatoms. The molecular weight excluding hydrogens is 348 g/mol. The molecule has 0 aliphatic heterocycles. The SMILES string of the molecule is CC(=C=C(C)C(C)O)CO[Si](c1ccccc1)(c1ccccc1)C(C)(C)C. The minimum absolute atomic E-state index is 0.0426. The molecule has 0 heterocycles. The number of aliphatic hydroxyl groups is 1. The van der Waals surface area contributed by atoms with Gasteiger partial charge >= 0.3 is 0 Å². The van der Waals surface area contributed by atoms with Crippen molar-refractivity contribution in [3.05, 3.63) is 77.5 Å². The number of benzene rings is 2. The molecule has 1 unspecified atom stereocenters. The maximum atomic E-state index is 9.74. The summed E-state index contributed by atoms with van der Waals surface area (Å²) < 4.78 is 6.85. The molecule has 144 valence electrons. The van der Waals surface area contributed by atoms with Crippen molar-refractivity contribution < 1.29 is 9.53 Å². The standard InChI is InChI=1S/C24H32O2Si/c1-19(17-20(2)21(3)25)18-26-27(24(4,5)6,22-13-9-7-10-14-22)23-15-11-8-12-16-23/h7-16,21,25H,18H2,1-6H3. The van der Waals surface area contributed by atoms with Crippen LogP contribution in [0.25, 0.3) is 0 Å². The van der Waals surface area contributed by atoms with E-state index in [-0.39, 0.29) is 5.04 Å². The lowest BCUT2D eigenvalue weighted by Crippen LogP contribution is -2.66. The topological polar surface area (TPSA) is 29.5 Å². The van der Waals surface area contributed by atoms with Gasteiger partial charge in [0, 0.05) is 0 Å². The molecule has 0 radical (unpaired) electrons. The minimum atomic E-state index is -2.52. The first-order chi connectivity index (χ1) is 12.7. The van der Waals surface area contributed by atoms with Crippen molar-refractivity contribution in [3.8, 4) is 0 Å². The van der Waals surface area contributed by atoms with E-state index in [2.05, 4.69) is 87.2 Å². The van der Waals surface area contributed by atoms with Crippen LogP contribution in [0.4, 0.5) is 0 Å². The lowest BCUT2D eigenvalue weighted by atomic mass is 10.2. The zero-order valence-electron chi connectivity index (χ0n) is 17.4. The summed E-state index contributed by atoms with van der Waals surface area (Å²) in [5, 5.41) is 12.2. The summed E-state index contributed by atoms with van der Waals surface area (Å²) in [5.74, 6) is 0. The summed E-state index contributed by atoms with van der Waals surface area (Å²) in [5.41, 5.74) is 5.12. The van der Waals surface area contributed by atoms with Gasteiger partial charge in [-0.1, -0.05) is 81.4 Å². The Balaban J connectivity index is 2.58. The van der Waals surface area contributed by atoms with Crippen LogP contribution in [0.15, 0.2) is 77.5 Å². The normalized spacial score (nSPS) is 13.0. The Bertz CT molecular complexity index is 756. The summed E-state index contributed by atoms with van der Waals surface area (Å²) in [4.78, 5) is 0. The van der Waals surface area contributed by atoms with E-state index in [9.17, 15) is 5.11 Å². The molecule has 0 aliphatic rings. The van der Waals surface area contributed by atoms with Crippen LogP contribution in [-0.2, 0) is 4.43 Å². The fourth-order valence-electron chi connectivity index (χ4n) is 3.46. The highest BCUT2D eigenvalue weighted by atomic mass is 28.4. The lowest BCUT2D eigenvalue weighted by Gasteiger charge is -2.43. The summed E-state index contributed by atoms with van der Waals surface area (Å²) >= 11 is 0. The van der Waals surface area contributed by atoms with Gasteiger partial charge in [-0.05, 0) is 47.3 Å². The Hall–Kier alpha value is -1.90. The average molecular weight is 381 g/mol. The maximum Gasteiger partial charge on any atom is 0.261 e.